The number of nitrogens with one attached hydrogen (secondary N) is 1. The normalized spacial score (nSPS) is 11.8. The summed E-state index contributed by atoms with van der Waals surface area (Å²) in [5.41, 5.74) is 0.588. The number of benzene rings is 1. The van der Waals surface area contributed by atoms with E-state index >= 15 is 0 Å². The minimum absolute atomic E-state index is 0.0121. The second-order valence-corrected chi connectivity index (χ2v) is 10.2. The van der Waals surface area contributed by atoms with Crippen molar-refractivity contribution in [3.05, 3.63) is 29.8 Å². The second kappa shape index (κ2) is 11.2. The first-order chi connectivity index (χ1) is 13.5. The average Bonchev–Trinajstić information content (AvgIpc) is 2.58. The molecule has 0 heterocycles. The Bertz CT molecular complexity index is 785. The number of para-hydroxylation sites is 1. The number of hydrogen-bond acceptors (Lipinski definition) is 5. The Morgan fingerprint density at radius 3 is 2.34 bits per heavy atom. The van der Waals surface area contributed by atoms with Crippen LogP contribution in [0.15, 0.2) is 24.3 Å². The minimum Gasteiger partial charge on any atom is -0.444 e. The summed E-state index contributed by atoms with van der Waals surface area (Å²) in [5.74, 6) is -1.11. The molecule has 0 atom stereocenters. The summed E-state index contributed by atoms with van der Waals surface area (Å²) in [6, 6.07) is 7.03. The van der Waals surface area contributed by atoms with E-state index in [1.165, 1.54) is 4.90 Å². The second-order valence-electron chi connectivity index (χ2n) is 8.00. The van der Waals surface area contributed by atoms with Gasteiger partial charge in [-0.05, 0) is 45.7 Å². The van der Waals surface area contributed by atoms with E-state index in [0.717, 1.165) is 12.8 Å². The predicted molar refractivity (Wildman–Crippen MR) is 116 cm³/mol. The third-order valence-electron chi connectivity index (χ3n) is 4.10. The summed E-state index contributed by atoms with van der Waals surface area (Å²) in [6.07, 6.45) is 1.85. The molecule has 2 amide bonds. The molecule has 0 aliphatic carbocycles. The molecule has 29 heavy (non-hydrogen) atoms. The zero-order chi connectivity index (χ0) is 22.1. The van der Waals surface area contributed by atoms with Crippen molar-refractivity contribution >= 4 is 27.5 Å². The van der Waals surface area contributed by atoms with E-state index < -0.39 is 33.2 Å². The van der Waals surface area contributed by atoms with Crippen LogP contribution in [0.5, 0.6) is 0 Å². The number of sulfone groups is 1. The fourth-order valence-corrected chi connectivity index (χ4v) is 3.91. The molecule has 164 valence electrons. The number of unbranched alkanes of at least 4 members (excludes halogenated alkanes) is 2. The first-order valence-corrected chi connectivity index (χ1v) is 11.9. The van der Waals surface area contributed by atoms with Gasteiger partial charge in [0.15, 0.2) is 9.84 Å². The van der Waals surface area contributed by atoms with Gasteiger partial charge in [0.25, 0.3) is 0 Å². The molecule has 1 aromatic rings. The molecule has 0 fully saturated rings. The van der Waals surface area contributed by atoms with Crippen molar-refractivity contribution in [1.82, 2.24) is 4.90 Å². The molecule has 0 saturated carbocycles. The fourth-order valence-electron chi connectivity index (χ4n) is 2.65. The summed E-state index contributed by atoms with van der Waals surface area (Å²) < 4.78 is 29.6. The summed E-state index contributed by atoms with van der Waals surface area (Å²) >= 11 is 0. The maximum absolute atomic E-state index is 12.4. The molecular weight excluding hydrogens is 392 g/mol. The molecule has 0 aliphatic rings. The zero-order valence-corrected chi connectivity index (χ0v) is 19.0. The van der Waals surface area contributed by atoms with E-state index in [1.807, 2.05) is 13.8 Å². The van der Waals surface area contributed by atoms with Gasteiger partial charge in [0, 0.05) is 12.2 Å². The van der Waals surface area contributed by atoms with Crippen molar-refractivity contribution in [2.45, 2.75) is 66.0 Å². The summed E-state index contributed by atoms with van der Waals surface area (Å²) in [4.78, 5) is 26.2. The number of carbonyl (C=O) groups excluding carboxylic acids is 2. The van der Waals surface area contributed by atoms with Crippen molar-refractivity contribution in [3.63, 3.8) is 0 Å². The van der Waals surface area contributed by atoms with Crippen molar-refractivity contribution in [3.8, 4) is 0 Å². The first-order valence-electron chi connectivity index (χ1n) is 10.0. The highest BCUT2D eigenvalue weighted by atomic mass is 32.2. The van der Waals surface area contributed by atoms with Crippen LogP contribution in [0, 0.1) is 0 Å². The number of rotatable bonds is 10. The Labute approximate surface area is 174 Å². The number of ether oxygens (including phenoxy) is 1. The quantitative estimate of drug-likeness (QED) is 0.571. The summed E-state index contributed by atoms with van der Waals surface area (Å²) in [7, 11) is -3.44. The van der Waals surface area contributed by atoms with Crippen molar-refractivity contribution in [2.75, 3.05) is 23.4 Å². The maximum Gasteiger partial charge on any atom is 0.410 e. The molecule has 1 N–H and O–H groups in total. The van der Waals surface area contributed by atoms with E-state index in [2.05, 4.69) is 5.32 Å². The van der Waals surface area contributed by atoms with Gasteiger partial charge in [0.05, 0.1) is 12.3 Å². The third-order valence-corrected chi connectivity index (χ3v) is 5.71. The lowest BCUT2D eigenvalue weighted by atomic mass is 10.1. The topological polar surface area (TPSA) is 92.8 Å². The average molecular weight is 427 g/mol. The molecule has 8 heteroatoms. The highest BCUT2D eigenvalue weighted by Gasteiger charge is 2.22. The molecule has 1 rings (SSSR count). The van der Waals surface area contributed by atoms with Crippen LogP contribution in [0.3, 0.4) is 0 Å². The lowest BCUT2D eigenvalue weighted by Gasteiger charge is -2.27. The van der Waals surface area contributed by atoms with Gasteiger partial charge in [0.2, 0.25) is 5.91 Å². The smallest absolute Gasteiger partial charge is 0.410 e. The Kier molecular flexibility index (Phi) is 9.62. The van der Waals surface area contributed by atoms with E-state index in [1.54, 1.807) is 45.0 Å². The Hall–Kier alpha value is -2.09. The van der Waals surface area contributed by atoms with E-state index in [0.29, 0.717) is 24.2 Å². The molecule has 0 aliphatic heterocycles. The van der Waals surface area contributed by atoms with Gasteiger partial charge in [-0.15, -0.1) is 0 Å². The van der Waals surface area contributed by atoms with Crippen molar-refractivity contribution < 1.29 is 22.7 Å². The lowest BCUT2D eigenvalue weighted by molar-refractivity contribution is -0.113. The van der Waals surface area contributed by atoms with Crippen LogP contribution in [-0.4, -0.2) is 49.0 Å². The van der Waals surface area contributed by atoms with Gasteiger partial charge >= 0.3 is 6.09 Å². The van der Waals surface area contributed by atoms with Crippen LogP contribution in [0.2, 0.25) is 0 Å². The number of hydrogen-bond donors (Lipinski definition) is 1. The molecule has 0 unspecified atom stereocenters. The van der Waals surface area contributed by atoms with Crippen molar-refractivity contribution in [1.29, 1.82) is 0 Å². The fraction of sp³-hybridized carbons (Fsp3) is 0.619. The molecule has 0 radical (unpaired) electrons. The summed E-state index contributed by atoms with van der Waals surface area (Å²) in [5, 5.41) is 2.68. The van der Waals surface area contributed by atoms with Crippen LogP contribution in [-0.2, 0) is 25.9 Å². The van der Waals surface area contributed by atoms with Crippen LogP contribution in [0.4, 0.5) is 10.5 Å². The van der Waals surface area contributed by atoms with Crippen LogP contribution < -0.4 is 5.32 Å². The number of amides is 2. The molecule has 1 aromatic carbocycles. The highest BCUT2D eigenvalue weighted by molar-refractivity contribution is 7.92. The Morgan fingerprint density at radius 1 is 1.10 bits per heavy atom. The predicted octanol–water partition coefficient (Wildman–Crippen LogP) is 3.99. The van der Waals surface area contributed by atoms with Gasteiger partial charge in [-0.3, -0.25) is 4.79 Å². The van der Waals surface area contributed by atoms with Crippen LogP contribution in [0.1, 0.15) is 59.4 Å². The Balaban J connectivity index is 2.83. The van der Waals surface area contributed by atoms with Crippen molar-refractivity contribution in [2.24, 2.45) is 0 Å². The number of nitrogens with zero attached hydrogens (tertiary/aromatic N) is 1. The van der Waals surface area contributed by atoms with Gasteiger partial charge in [-0.25, -0.2) is 13.2 Å². The Morgan fingerprint density at radius 2 is 1.76 bits per heavy atom. The van der Waals surface area contributed by atoms with E-state index in [-0.39, 0.29) is 12.3 Å². The lowest BCUT2D eigenvalue weighted by Crippen LogP contribution is -2.36. The third kappa shape index (κ3) is 9.78. The first kappa shape index (κ1) is 24.9. The molecule has 0 saturated heterocycles. The molecule has 0 aromatic heterocycles. The van der Waals surface area contributed by atoms with Gasteiger partial charge in [-0.2, -0.15) is 0 Å². The maximum atomic E-state index is 12.4. The minimum atomic E-state index is -3.44. The zero-order valence-electron chi connectivity index (χ0n) is 18.2. The van der Waals surface area contributed by atoms with Crippen LogP contribution in [0.25, 0.3) is 0 Å². The van der Waals surface area contributed by atoms with E-state index in [4.69, 9.17) is 4.74 Å². The van der Waals surface area contributed by atoms with E-state index in [9.17, 15) is 18.0 Å². The molecule has 7 nitrogen and oxygen atoms in total. The van der Waals surface area contributed by atoms with Gasteiger partial charge in [-0.1, -0.05) is 38.0 Å². The monoisotopic (exact) mass is 426 g/mol. The van der Waals surface area contributed by atoms with Gasteiger partial charge in [0.1, 0.15) is 11.4 Å². The number of carbonyl (C=O) groups is 2. The SMILES string of the molecule is CCCCCS(=O)(=O)CC(=O)Nc1ccccc1CN(CC)C(=O)OC(C)(C)C. The highest BCUT2D eigenvalue weighted by Crippen LogP contribution is 2.19. The molecule has 0 bridgehead atoms. The van der Waals surface area contributed by atoms with Crippen LogP contribution >= 0.6 is 0 Å². The molecule has 0 spiro atoms. The molecular formula is C21H34N2O5S. The number of anilines is 1. The standard InChI is InChI=1S/C21H34N2O5S/c1-6-8-11-14-29(26,27)16-19(24)22-18-13-10-9-12-17(18)15-23(7-2)20(25)28-21(3,4)5/h9-10,12-13H,6-8,11,14-16H2,1-5H3,(H,22,24). The summed E-state index contributed by atoms with van der Waals surface area (Å²) in [6.45, 7) is 9.91. The largest absolute Gasteiger partial charge is 0.444 e. The van der Waals surface area contributed by atoms with Gasteiger partial charge < -0.3 is 15.0 Å².